The van der Waals surface area contributed by atoms with E-state index in [2.05, 4.69) is 18.6 Å². The molecule has 1 saturated carbocycles. The first-order valence-electron chi connectivity index (χ1n) is 6.64. The highest BCUT2D eigenvalue weighted by Gasteiger charge is 2.37. The molecule has 20 heavy (non-hydrogen) atoms. The Bertz CT molecular complexity index is 607. The molecule has 4 nitrogen and oxygen atoms in total. The van der Waals surface area contributed by atoms with Crippen LogP contribution < -0.4 is 10.5 Å². The molecule has 1 aromatic rings. The Morgan fingerprint density at radius 3 is 2.40 bits per heavy atom. The molecule has 0 aromatic heterocycles. The summed E-state index contributed by atoms with van der Waals surface area (Å²) in [7, 11) is -3.49. The van der Waals surface area contributed by atoms with Gasteiger partial charge in [-0.2, -0.15) is 0 Å². The summed E-state index contributed by atoms with van der Waals surface area (Å²) >= 11 is 4.86. The van der Waals surface area contributed by atoms with Crippen LogP contribution in [0.25, 0.3) is 0 Å². The van der Waals surface area contributed by atoms with Gasteiger partial charge in [0, 0.05) is 11.6 Å². The maximum atomic E-state index is 12.4. The molecule has 110 valence electrons. The Morgan fingerprint density at radius 2 is 1.95 bits per heavy atom. The second kappa shape index (κ2) is 5.42. The normalized spacial score (nSPS) is 21.8. The molecule has 0 spiro atoms. The highest BCUT2D eigenvalue weighted by molar-refractivity contribution is 7.89. The smallest absolute Gasteiger partial charge is 0.240 e. The fraction of sp³-hybridized carbons (Fsp3) is 0.500. The number of thiocarbonyl (C=S) groups is 1. The third-order valence-electron chi connectivity index (χ3n) is 4.00. The number of hydrogen-bond acceptors (Lipinski definition) is 3. The van der Waals surface area contributed by atoms with Crippen molar-refractivity contribution in [1.29, 1.82) is 0 Å². The van der Waals surface area contributed by atoms with Gasteiger partial charge in [0.05, 0.1) is 4.90 Å². The molecule has 1 aliphatic rings. The lowest BCUT2D eigenvalue weighted by Crippen LogP contribution is -2.41. The maximum Gasteiger partial charge on any atom is 0.240 e. The fourth-order valence-corrected chi connectivity index (χ4v) is 4.18. The van der Waals surface area contributed by atoms with E-state index in [1.807, 2.05) is 0 Å². The largest absolute Gasteiger partial charge is 0.389 e. The van der Waals surface area contributed by atoms with E-state index in [1.165, 1.54) is 0 Å². The van der Waals surface area contributed by atoms with E-state index in [0.717, 1.165) is 19.3 Å². The molecule has 6 heteroatoms. The van der Waals surface area contributed by atoms with E-state index in [9.17, 15) is 8.42 Å². The van der Waals surface area contributed by atoms with Crippen molar-refractivity contribution in [2.45, 2.75) is 44.0 Å². The maximum absolute atomic E-state index is 12.4. The molecular formula is C14H20N2O2S2. The minimum Gasteiger partial charge on any atom is -0.389 e. The summed E-state index contributed by atoms with van der Waals surface area (Å²) in [5.74, 6) is 0. The Kier molecular flexibility index (Phi) is 4.18. The molecule has 1 aromatic carbocycles. The van der Waals surface area contributed by atoms with Gasteiger partial charge in [-0.1, -0.05) is 44.6 Å². The predicted octanol–water partition coefficient (Wildman–Crippen LogP) is 2.18. The zero-order valence-electron chi connectivity index (χ0n) is 11.7. The van der Waals surface area contributed by atoms with E-state index in [1.54, 1.807) is 24.3 Å². The number of rotatable bonds is 4. The minimum atomic E-state index is -3.49. The SMILES string of the molecule is CC1(C)CCCC1NS(=O)(=O)c1ccc(C(N)=S)cc1. The molecule has 0 saturated heterocycles. The number of nitrogens with two attached hydrogens (primary N) is 1. The molecule has 1 fully saturated rings. The van der Waals surface area contributed by atoms with Crippen molar-refractivity contribution in [3.8, 4) is 0 Å². The van der Waals surface area contributed by atoms with Crippen LogP contribution in [0.1, 0.15) is 38.7 Å². The molecule has 0 amide bonds. The number of benzene rings is 1. The highest BCUT2D eigenvalue weighted by atomic mass is 32.2. The summed E-state index contributed by atoms with van der Waals surface area (Å²) in [4.78, 5) is 0.513. The van der Waals surface area contributed by atoms with Gasteiger partial charge in [0.15, 0.2) is 0 Å². The van der Waals surface area contributed by atoms with Gasteiger partial charge in [-0.15, -0.1) is 0 Å². The molecule has 1 atom stereocenters. The average molecular weight is 312 g/mol. The topological polar surface area (TPSA) is 72.2 Å². The first-order valence-corrected chi connectivity index (χ1v) is 8.54. The third kappa shape index (κ3) is 3.19. The molecular weight excluding hydrogens is 292 g/mol. The summed E-state index contributed by atoms with van der Waals surface area (Å²) in [6.45, 7) is 4.20. The lowest BCUT2D eigenvalue weighted by Gasteiger charge is -2.27. The predicted molar refractivity (Wildman–Crippen MR) is 84.1 cm³/mol. The van der Waals surface area contributed by atoms with Crippen LogP contribution in [-0.4, -0.2) is 19.4 Å². The van der Waals surface area contributed by atoms with E-state index >= 15 is 0 Å². The lowest BCUT2D eigenvalue weighted by atomic mass is 9.88. The van der Waals surface area contributed by atoms with Gasteiger partial charge in [0.25, 0.3) is 0 Å². The van der Waals surface area contributed by atoms with Crippen molar-refractivity contribution in [1.82, 2.24) is 4.72 Å². The Balaban J connectivity index is 2.20. The lowest BCUT2D eigenvalue weighted by molar-refractivity contribution is 0.313. The summed E-state index contributed by atoms with van der Waals surface area (Å²) < 4.78 is 27.6. The Hall–Kier alpha value is -0.980. The van der Waals surface area contributed by atoms with Gasteiger partial charge in [-0.05, 0) is 30.4 Å². The first-order chi connectivity index (χ1) is 9.22. The molecule has 0 heterocycles. The van der Waals surface area contributed by atoms with Crippen LogP contribution >= 0.6 is 12.2 Å². The highest BCUT2D eigenvalue weighted by Crippen LogP contribution is 2.37. The van der Waals surface area contributed by atoms with Gasteiger partial charge in [-0.25, -0.2) is 13.1 Å². The van der Waals surface area contributed by atoms with Crippen molar-refractivity contribution < 1.29 is 8.42 Å². The van der Waals surface area contributed by atoms with E-state index in [-0.39, 0.29) is 21.3 Å². The standard InChI is InChI=1S/C14H20N2O2S2/c1-14(2)9-3-4-12(14)16-20(17,18)11-7-5-10(6-8-11)13(15)19/h5-8,12,16H,3-4,9H2,1-2H3,(H2,15,19). The van der Waals surface area contributed by atoms with Crippen LogP contribution in [0, 0.1) is 5.41 Å². The van der Waals surface area contributed by atoms with Crippen molar-refractivity contribution in [2.24, 2.45) is 11.1 Å². The van der Waals surface area contributed by atoms with E-state index in [4.69, 9.17) is 18.0 Å². The summed E-state index contributed by atoms with van der Waals surface area (Å²) in [5.41, 5.74) is 6.18. The zero-order chi connectivity index (χ0) is 15.0. The Morgan fingerprint density at radius 1 is 1.35 bits per heavy atom. The summed E-state index contributed by atoms with van der Waals surface area (Å²) in [6.07, 6.45) is 2.98. The van der Waals surface area contributed by atoms with Gasteiger partial charge >= 0.3 is 0 Å². The van der Waals surface area contributed by atoms with Crippen LogP contribution in [-0.2, 0) is 10.0 Å². The molecule has 0 radical (unpaired) electrons. The van der Waals surface area contributed by atoms with Crippen molar-refractivity contribution in [3.05, 3.63) is 29.8 Å². The summed E-state index contributed by atoms with van der Waals surface area (Å²) in [5, 5.41) is 0. The second-order valence-electron chi connectivity index (χ2n) is 5.94. The molecule has 2 rings (SSSR count). The van der Waals surface area contributed by atoms with Gasteiger partial charge in [0.2, 0.25) is 10.0 Å². The number of sulfonamides is 1. The molecule has 3 N–H and O–H groups in total. The molecule has 1 unspecified atom stereocenters. The minimum absolute atomic E-state index is 0.00579. The average Bonchev–Trinajstić information content (AvgIpc) is 2.68. The third-order valence-corrected chi connectivity index (χ3v) is 5.73. The first kappa shape index (κ1) is 15.4. The summed E-state index contributed by atoms with van der Waals surface area (Å²) in [6, 6.07) is 6.34. The van der Waals surface area contributed by atoms with Crippen LogP contribution in [0.3, 0.4) is 0 Å². The van der Waals surface area contributed by atoms with Gasteiger partial charge in [-0.3, -0.25) is 0 Å². The molecule has 0 aliphatic heterocycles. The fourth-order valence-electron chi connectivity index (χ4n) is 2.60. The zero-order valence-corrected chi connectivity index (χ0v) is 13.4. The second-order valence-corrected chi connectivity index (χ2v) is 8.10. The van der Waals surface area contributed by atoms with E-state index < -0.39 is 10.0 Å². The van der Waals surface area contributed by atoms with Crippen LogP contribution in [0.15, 0.2) is 29.2 Å². The van der Waals surface area contributed by atoms with Crippen molar-refractivity contribution in [2.75, 3.05) is 0 Å². The number of nitrogens with one attached hydrogen (secondary N) is 1. The van der Waals surface area contributed by atoms with Gasteiger partial charge in [0.1, 0.15) is 4.99 Å². The van der Waals surface area contributed by atoms with Gasteiger partial charge < -0.3 is 5.73 Å². The van der Waals surface area contributed by atoms with Crippen LogP contribution in [0.5, 0.6) is 0 Å². The molecule has 0 bridgehead atoms. The van der Waals surface area contributed by atoms with Crippen molar-refractivity contribution >= 4 is 27.2 Å². The van der Waals surface area contributed by atoms with Crippen LogP contribution in [0.2, 0.25) is 0 Å². The van der Waals surface area contributed by atoms with Crippen molar-refractivity contribution in [3.63, 3.8) is 0 Å². The van der Waals surface area contributed by atoms with E-state index in [0.29, 0.717) is 5.56 Å². The number of hydrogen-bond donors (Lipinski definition) is 2. The molecule has 1 aliphatic carbocycles. The Labute approximate surface area is 125 Å². The quantitative estimate of drug-likeness (QED) is 0.836. The monoisotopic (exact) mass is 312 g/mol. The van der Waals surface area contributed by atoms with Crippen LogP contribution in [0.4, 0.5) is 0 Å².